The van der Waals surface area contributed by atoms with Crippen LogP contribution < -0.4 is 5.73 Å². The lowest BCUT2D eigenvalue weighted by molar-refractivity contribution is -0.387. The summed E-state index contributed by atoms with van der Waals surface area (Å²) in [5.41, 5.74) is 5.90. The first-order valence-corrected chi connectivity index (χ1v) is 8.19. The summed E-state index contributed by atoms with van der Waals surface area (Å²) in [6.45, 7) is 4.03. The number of hydrogen-bond acceptors (Lipinski definition) is 5. The molecule has 0 amide bonds. The number of piperidine rings is 1. The first-order chi connectivity index (χ1) is 9.75. The van der Waals surface area contributed by atoms with Crippen LogP contribution >= 0.6 is 0 Å². The van der Waals surface area contributed by atoms with Gasteiger partial charge in [-0.2, -0.15) is 4.31 Å². The van der Waals surface area contributed by atoms with E-state index in [1.807, 2.05) is 6.92 Å². The standard InChI is InChI=1S/C13H19N3O4S/c1-9-4-3-5-12(16(17)18)13(9)21(19,20)15-7-6-11(14)10(2)8-15/h3-5,10-11H,6-8,14H2,1-2H3. The predicted octanol–water partition coefficient (Wildman–Crippen LogP) is 1.26. The molecule has 116 valence electrons. The van der Waals surface area contributed by atoms with Gasteiger partial charge in [-0.1, -0.05) is 19.1 Å². The van der Waals surface area contributed by atoms with Gasteiger partial charge in [-0.15, -0.1) is 0 Å². The van der Waals surface area contributed by atoms with Crippen molar-refractivity contribution in [1.29, 1.82) is 0 Å². The Morgan fingerprint density at radius 1 is 1.43 bits per heavy atom. The molecule has 2 atom stereocenters. The molecule has 7 nitrogen and oxygen atoms in total. The molecule has 1 aromatic carbocycles. The van der Waals surface area contributed by atoms with E-state index in [0.717, 1.165) is 0 Å². The van der Waals surface area contributed by atoms with E-state index in [0.29, 0.717) is 18.5 Å². The minimum absolute atomic E-state index is 0.0246. The Morgan fingerprint density at radius 2 is 2.10 bits per heavy atom. The smallest absolute Gasteiger partial charge is 0.289 e. The van der Waals surface area contributed by atoms with E-state index in [1.165, 1.54) is 16.4 Å². The molecule has 2 rings (SSSR count). The molecule has 21 heavy (non-hydrogen) atoms. The Hall–Kier alpha value is -1.51. The number of nitro groups is 1. The van der Waals surface area contributed by atoms with Crippen LogP contribution in [0.25, 0.3) is 0 Å². The molecule has 2 unspecified atom stereocenters. The van der Waals surface area contributed by atoms with E-state index in [2.05, 4.69) is 0 Å². The Kier molecular flexibility index (Phi) is 4.31. The van der Waals surface area contributed by atoms with E-state index in [-0.39, 0.29) is 29.1 Å². The van der Waals surface area contributed by atoms with Crippen molar-refractivity contribution in [3.63, 3.8) is 0 Å². The van der Waals surface area contributed by atoms with Crippen LogP contribution in [0.15, 0.2) is 23.1 Å². The summed E-state index contributed by atoms with van der Waals surface area (Å²) in [6.07, 6.45) is 0.556. The molecule has 0 aliphatic carbocycles. The van der Waals surface area contributed by atoms with Gasteiger partial charge in [0.05, 0.1) is 4.92 Å². The fourth-order valence-electron chi connectivity index (χ4n) is 2.59. The molecule has 0 aromatic heterocycles. The molecule has 1 aliphatic rings. The zero-order valence-corrected chi connectivity index (χ0v) is 12.8. The van der Waals surface area contributed by atoms with Crippen molar-refractivity contribution in [3.05, 3.63) is 33.9 Å². The van der Waals surface area contributed by atoms with E-state index >= 15 is 0 Å². The number of nitro benzene ring substituents is 1. The molecule has 0 bridgehead atoms. The van der Waals surface area contributed by atoms with Crippen LogP contribution in [-0.4, -0.2) is 36.8 Å². The van der Waals surface area contributed by atoms with Crippen LogP contribution in [0.1, 0.15) is 18.9 Å². The lowest BCUT2D eigenvalue weighted by Crippen LogP contribution is -2.48. The third-order valence-electron chi connectivity index (χ3n) is 3.92. The Bertz CT molecular complexity index is 659. The van der Waals surface area contributed by atoms with E-state index in [9.17, 15) is 18.5 Å². The molecule has 8 heteroatoms. The number of sulfonamides is 1. The van der Waals surface area contributed by atoms with Gasteiger partial charge in [-0.3, -0.25) is 10.1 Å². The lowest BCUT2D eigenvalue weighted by Gasteiger charge is -2.34. The maximum Gasteiger partial charge on any atom is 0.289 e. The summed E-state index contributed by atoms with van der Waals surface area (Å²) in [5.74, 6) is 0.0246. The zero-order valence-electron chi connectivity index (χ0n) is 12.0. The summed E-state index contributed by atoms with van der Waals surface area (Å²) in [4.78, 5) is 10.3. The minimum Gasteiger partial charge on any atom is -0.327 e. The van der Waals surface area contributed by atoms with E-state index in [4.69, 9.17) is 5.73 Å². The first-order valence-electron chi connectivity index (χ1n) is 6.75. The van der Waals surface area contributed by atoms with Gasteiger partial charge in [0.15, 0.2) is 4.90 Å². The maximum absolute atomic E-state index is 12.8. The number of nitrogens with two attached hydrogens (primary N) is 1. The van der Waals surface area contributed by atoms with Crippen LogP contribution in [0.5, 0.6) is 0 Å². The molecule has 0 saturated carbocycles. The van der Waals surface area contributed by atoms with Crippen molar-refractivity contribution in [2.75, 3.05) is 13.1 Å². The molecule has 1 fully saturated rings. The van der Waals surface area contributed by atoms with Gasteiger partial charge in [0.1, 0.15) is 0 Å². The van der Waals surface area contributed by atoms with Gasteiger partial charge in [0.25, 0.3) is 5.69 Å². The topological polar surface area (TPSA) is 107 Å². The second kappa shape index (κ2) is 5.70. The average molecular weight is 313 g/mol. The third-order valence-corrected chi connectivity index (χ3v) is 5.98. The van der Waals surface area contributed by atoms with Gasteiger partial charge in [0, 0.05) is 25.2 Å². The molecule has 1 aliphatic heterocycles. The van der Waals surface area contributed by atoms with Crippen molar-refractivity contribution < 1.29 is 13.3 Å². The molecule has 1 aromatic rings. The highest BCUT2D eigenvalue weighted by Crippen LogP contribution is 2.31. The largest absolute Gasteiger partial charge is 0.327 e. The quantitative estimate of drug-likeness (QED) is 0.668. The summed E-state index contributed by atoms with van der Waals surface area (Å²) < 4.78 is 26.8. The van der Waals surface area contributed by atoms with Crippen LogP contribution in [-0.2, 0) is 10.0 Å². The summed E-state index contributed by atoms with van der Waals surface area (Å²) in [6, 6.07) is 4.24. The van der Waals surface area contributed by atoms with Crippen molar-refractivity contribution in [2.45, 2.75) is 31.2 Å². The fraction of sp³-hybridized carbons (Fsp3) is 0.538. The van der Waals surface area contributed by atoms with Crippen molar-refractivity contribution in [1.82, 2.24) is 4.31 Å². The highest BCUT2D eigenvalue weighted by Gasteiger charge is 2.36. The molecular weight excluding hydrogens is 294 g/mol. The summed E-state index contributed by atoms with van der Waals surface area (Å²) >= 11 is 0. The number of benzene rings is 1. The van der Waals surface area contributed by atoms with Gasteiger partial charge in [0.2, 0.25) is 10.0 Å². The second-order valence-electron chi connectivity index (χ2n) is 5.47. The van der Waals surface area contributed by atoms with Crippen molar-refractivity contribution in [3.8, 4) is 0 Å². The summed E-state index contributed by atoms with van der Waals surface area (Å²) in [5, 5.41) is 11.1. The zero-order chi connectivity index (χ0) is 15.8. The lowest BCUT2D eigenvalue weighted by atomic mass is 9.96. The normalized spacial score (nSPS) is 24.0. The molecular formula is C13H19N3O4S. The molecule has 0 spiro atoms. The molecule has 0 radical (unpaired) electrons. The van der Waals surface area contributed by atoms with Crippen LogP contribution in [0, 0.1) is 23.0 Å². The minimum atomic E-state index is -3.89. The number of aryl methyl sites for hydroxylation is 1. The Labute approximate surface area is 123 Å². The van der Waals surface area contributed by atoms with Gasteiger partial charge in [-0.25, -0.2) is 8.42 Å². The highest BCUT2D eigenvalue weighted by molar-refractivity contribution is 7.89. The number of rotatable bonds is 3. The van der Waals surface area contributed by atoms with Gasteiger partial charge < -0.3 is 5.73 Å². The van der Waals surface area contributed by atoms with E-state index in [1.54, 1.807) is 13.0 Å². The molecule has 1 saturated heterocycles. The Balaban J connectivity index is 2.48. The van der Waals surface area contributed by atoms with Crippen LogP contribution in [0.2, 0.25) is 0 Å². The average Bonchev–Trinajstić information content (AvgIpc) is 2.41. The van der Waals surface area contributed by atoms with Gasteiger partial charge >= 0.3 is 0 Å². The monoisotopic (exact) mass is 313 g/mol. The second-order valence-corrected chi connectivity index (χ2v) is 7.35. The third kappa shape index (κ3) is 2.92. The number of hydrogen-bond donors (Lipinski definition) is 1. The van der Waals surface area contributed by atoms with Crippen LogP contribution in [0.4, 0.5) is 5.69 Å². The van der Waals surface area contributed by atoms with E-state index < -0.39 is 14.9 Å². The fourth-order valence-corrected chi connectivity index (χ4v) is 4.51. The Morgan fingerprint density at radius 3 is 2.67 bits per heavy atom. The van der Waals surface area contributed by atoms with Crippen LogP contribution in [0.3, 0.4) is 0 Å². The van der Waals surface area contributed by atoms with Gasteiger partial charge in [-0.05, 0) is 24.8 Å². The maximum atomic E-state index is 12.8. The molecule has 2 N–H and O–H groups in total. The summed E-state index contributed by atoms with van der Waals surface area (Å²) in [7, 11) is -3.89. The van der Waals surface area contributed by atoms with Crippen molar-refractivity contribution in [2.24, 2.45) is 11.7 Å². The predicted molar refractivity (Wildman–Crippen MR) is 78.3 cm³/mol. The highest BCUT2D eigenvalue weighted by atomic mass is 32.2. The SMILES string of the molecule is Cc1cccc([N+](=O)[O-])c1S(=O)(=O)N1CCC(N)C(C)C1. The van der Waals surface area contributed by atoms with Crippen molar-refractivity contribution >= 4 is 15.7 Å². The molecule has 1 heterocycles. The first kappa shape index (κ1) is 15.9. The number of nitrogens with zero attached hydrogens (tertiary/aromatic N) is 2.